The fraction of sp³-hybridized carbons (Fsp3) is 0.300. The lowest BCUT2D eigenvalue weighted by molar-refractivity contribution is 0.276. The summed E-state index contributed by atoms with van der Waals surface area (Å²) < 4.78 is 5.73. The van der Waals surface area contributed by atoms with Gasteiger partial charge in [0.05, 0.1) is 4.70 Å². The lowest BCUT2D eigenvalue weighted by atomic mass is 10.1. The van der Waals surface area contributed by atoms with Crippen LogP contribution in [0.3, 0.4) is 0 Å². The molecule has 80 valence electrons. The zero-order chi connectivity index (χ0) is 10.8. The molecular formula is C10H11NO3S. The van der Waals surface area contributed by atoms with Crippen molar-refractivity contribution < 1.29 is 9.52 Å². The molecule has 1 heterocycles. The van der Waals surface area contributed by atoms with Crippen LogP contribution in [0.5, 0.6) is 0 Å². The van der Waals surface area contributed by atoms with Crippen LogP contribution in [0.2, 0.25) is 0 Å². The van der Waals surface area contributed by atoms with Gasteiger partial charge in [0.15, 0.2) is 0 Å². The highest BCUT2D eigenvalue weighted by Gasteiger charge is 2.08. The van der Waals surface area contributed by atoms with Crippen molar-refractivity contribution >= 4 is 21.6 Å². The van der Waals surface area contributed by atoms with E-state index in [2.05, 4.69) is 0 Å². The minimum Gasteiger partial charge on any atom is -0.414 e. The lowest BCUT2D eigenvalue weighted by Gasteiger charge is -2.09. The molecule has 0 aliphatic heterocycles. The molecule has 1 aromatic heterocycles. The van der Waals surface area contributed by atoms with Gasteiger partial charge in [-0.2, -0.15) is 0 Å². The smallest absolute Gasteiger partial charge is 0.396 e. The number of hydrogen-bond donors (Lipinski definition) is 2. The number of fused-ring (bicyclic) bond motifs is 1. The first kappa shape index (κ1) is 10.4. The van der Waals surface area contributed by atoms with E-state index in [-0.39, 0.29) is 17.6 Å². The number of rotatable bonds is 3. The Balaban J connectivity index is 2.41. The number of aliphatic hydroxyl groups is 1. The molecule has 1 atom stereocenters. The van der Waals surface area contributed by atoms with E-state index in [0.29, 0.717) is 12.0 Å². The Morgan fingerprint density at radius 2 is 2.33 bits per heavy atom. The highest BCUT2D eigenvalue weighted by Crippen LogP contribution is 2.22. The van der Waals surface area contributed by atoms with Crippen LogP contribution in [0.15, 0.2) is 27.4 Å². The van der Waals surface area contributed by atoms with Crippen molar-refractivity contribution in [1.29, 1.82) is 0 Å². The zero-order valence-electron chi connectivity index (χ0n) is 7.97. The third-order valence-electron chi connectivity index (χ3n) is 2.22. The van der Waals surface area contributed by atoms with Crippen LogP contribution in [0.25, 0.3) is 10.3 Å². The van der Waals surface area contributed by atoms with Crippen LogP contribution in [-0.2, 0) is 0 Å². The normalized spacial score (nSPS) is 13.2. The highest BCUT2D eigenvalue weighted by molar-refractivity contribution is 7.16. The second kappa shape index (κ2) is 4.14. The molecule has 0 saturated heterocycles. The van der Waals surface area contributed by atoms with Gasteiger partial charge in [0.1, 0.15) is 5.58 Å². The Hall–Kier alpha value is -1.17. The van der Waals surface area contributed by atoms with Gasteiger partial charge in [-0.15, -0.1) is 0 Å². The van der Waals surface area contributed by atoms with Gasteiger partial charge < -0.3 is 15.3 Å². The van der Waals surface area contributed by atoms with Crippen molar-refractivity contribution in [2.75, 3.05) is 6.61 Å². The van der Waals surface area contributed by atoms with E-state index in [0.717, 1.165) is 21.6 Å². The van der Waals surface area contributed by atoms with Gasteiger partial charge in [0.2, 0.25) is 0 Å². The molecule has 0 radical (unpaired) electrons. The zero-order valence-corrected chi connectivity index (χ0v) is 8.79. The Labute approximate surface area is 89.9 Å². The molecule has 0 aliphatic rings. The third kappa shape index (κ3) is 2.09. The van der Waals surface area contributed by atoms with E-state index in [4.69, 9.17) is 15.3 Å². The van der Waals surface area contributed by atoms with Gasteiger partial charge in [0.25, 0.3) is 0 Å². The first-order chi connectivity index (χ1) is 7.20. The number of nitrogens with two attached hydrogens (primary N) is 1. The average molecular weight is 225 g/mol. The minimum absolute atomic E-state index is 0.0564. The van der Waals surface area contributed by atoms with E-state index in [1.165, 1.54) is 0 Å². The molecule has 4 nitrogen and oxygen atoms in total. The number of hydrogen-bond acceptors (Lipinski definition) is 5. The Kier molecular flexibility index (Phi) is 2.86. The second-order valence-corrected chi connectivity index (χ2v) is 4.26. The van der Waals surface area contributed by atoms with Crippen molar-refractivity contribution in [3.63, 3.8) is 0 Å². The summed E-state index contributed by atoms with van der Waals surface area (Å²) >= 11 is 1.06. The number of aliphatic hydroxyl groups excluding tert-OH is 1. The summed E-state index contributed by atoms with van der Waals surface area (Å²) in [5, 5.41) is 8.77. The van der Waals surface area contributed by atoms with Gasteiger partial charge in [-0.1, -0.05) is 17.4 Å². The Bertz CT molecular complexity index is 517. The minimum atomic E-state index is -0.308. The van der Waals surface area contributed by atoms with Gasteiger partial charge in [-0.3, -0.25) is 0 Å². The third-order valence-corrected chi connectivity index (χ3v) is 3.01. The van der Waals surface area contributed by atoms with Gasteiger partial charge >= 0.3 is 4.94 Å². The van der Waals surface area contributed by atoms with E-state index in [9.17, 15) is 4.79 Å². The number of benzene rings is 1. The van der Waals surface area contributed by atoms with Crippen molar-refractivity contribution in [1.82, 2.24) is 0 Å². The molecule has 0 amide bonds. The predicted molar refractivity (Wildman–Crippen MR) is 59.0 cm³/mol. The molecule has 0 aliphatic carbocycles. The fourth-order valence-corrected chi connectivity index (χ4v) is 2.14. The first-order valence-electron chi connectivity index (χ1n) is 4.61. The van der Waals surface area contributed by atoms with Crippen molar-refractivity contribution in [3.8, 4) is 0 Å². The Morgan fingerprint density at radius 1 is 1.53 bits per heavy atom. The molecule has 3 N–H and O–H groups in total. The van der Waals surface area contributed by atoms with Crippen LogP contribution < -0.4 is 10.7 Å². The van der Waals surface area contributed by atoms with Crippen molar-refractivity contribution in [2.24, 2.45) is 5.73 Å². The fourth-order valence-electron chi connectivity index (χ4n) is 1.43. The molecule has 0 bridgehead atoms. The van der Waals surface area contributed by atoms with Crippen LogP contribution in [0.4, 0.5) is 0 Å². The quantitative estimate of drug-likeness (QED) is 0.823. The largest absolute Gasteiger partial charge is 0.414 e. The molecule has 0 spiro atoms. The van der Waals surface area contributed by atoms with E-state index < -0.39 is 0 Å². The monoisotopic (exact) mass is 225 g/mol. The van der Waals surface area contributed by atoms with Gasteiger partial charge in [-0.05, 0) is 24.1 Å². The maximum absolute atomic E-state index is 11.0. The van der Waals surface area contributed by atoms with Gasteiger partial charge in [0, 0.05) is 12.6 Å². The van der Waals surface area contributed by atoms with Crippen LogP contribution >= 0.6 is 11.3 Å². The maximum Gasteiger partial charge on any atom is 0.396 e. The molecule has 0 fully saturated rings. The van der Waals surface area contributed by atoms with E-state index in [1.54, 1.807) is 6.07 Å². The maximum atomic E-state index is 11.0. The summed E-state index contributed by atoms with van der Waals surface area (Å²) in [6, 6.07) is 5.19. The molecule has 2 rings (SSSR count). The summed E-state index contributed by atoms with van der Waals surface area (Å²) in [5.74, 6) is 0. The molecular weight excluding hydrogens is 214 g/mol. The summed E-state index contributed by atoms with van der Waals surface area (Å²) in [6.07, 6.45) is 0.512. The topological polar surface area (TPSA) is 76.5 Å². The second-order valence-electron chi connectivity index (χ2n) is 3.28. The van der Waals surface area contributed by atoms with Crippen LogP contribution in [0, 0.1) is 0 Å². The average Bonchev–Trinajstić information content (AvgIpc) is 2.57. The van der Waals surface area contributed by atoms with Crippen molar-refractivity contribution in [2.45, 2.75) is 12.5 Å². The van der Waals surface area contributed by atoms with Gasteiger partial charge in [-0.25, -0.2) is 4.79 Å². The standard InChI is InChI=1S/C10H11NO3S/c11-7(3-4-12)6-1-2-8-9(5-6)15-10(13)14-8/h1-2,5,7,12H,3-4,11H2. The highest BCUT2D eigenvalue weighted by atomic mass is 32.1. The van der Waals surface area contributed by atoms with E-state index >= 15 is 0 Å². The Morgan fingerprint density at radius 3 is 3.07 bits per heavy atom. The molecule has 1 unspecified atom stereocenters. The summed E-state index contributed by atoms with van der Waals surface area (Å²) in [7, 11) is 0. The molecule has 5 heteroatoms. The SMILES string of the molecule is NC(CCO)c1ccc2oc(=O)sc2c1. The van der Waals surface area contributed by atoms with Crippen LogP contribution in [0.1, 0.15) is 18.0 Å². The van der Waals surface area contributed by atoms with E-state index in [1.807, 2.05) is 12.1 Å². The predicted octanol–water partition coefficient (Wildman–Crippen LogP) is 1.24. The summed E-state index contributed by atoms with van der Waals surface area (Å²) in [4.78, 5) is 10.7. The lowest BCUT2D eigenvalue weighted by Crippen LogP contribution is -2.11. The summed E-state index contributed by atoms with van der Waals surface area (Å²) in [6.45, 7) is 0.0564. The molecule has 1 aromatic carbocycles. The first-order valence-corrected chi connectivity index (χ1v) is 5.42. The van der Waals surface area contributed by atoms with Crippen LogP contribution in [-0.4, -0.2) is 11.7 Å². The van der Waals surface area contributed by atoms with Crippen molar-refractivity contribution in [3.05, 3.63) is 33.5 Å². The molecule has 0 saturated carbocycles. The molecule has 15 heavy (non-hydrogen) atoms. The summed E-state index contributed by atoms with van der Waals surface area (Å²) in [5.41, 5.74) is 7.34. The molecule has 2 aromatic rings.